The molecule has 1 aromatic carbocycles. The Hall–Kier alpha value is -2.12. The summed E-state index contributed by atoms with van der Waals surface area (Å²) in [6.45, 7) is 9.71. The van der Waals surface area contributed by atoms with E-state index in [1.54, 1.807) is 6.07 Å². The molecule has 0 radical (unpaired) electrons. The van der Waals surface area contributed by atoms with E-state index in [1.807, 2.05) is 22.8 Å². The lowest BCUT2D eigenvalue weighted by atomic mass is 9.80. The second kappa shape index (κ2) is 6.25. The minimum atomic E-state index is 0.0438. The summed E-state index contributed by atoms with van der Waals surface area (Å²) in [6.07, 6.45) is 3.77. The molecule has 136 valence electrons. The number of hydrogen-bond acceptors (Lipinski definition) is 3. The van der Waals surface area contributed by atoms with Crippen molar-refractivity contribution in [2.75, 3.05) is 13.1 Å². The first kappa shape index (κ1) is 17.3. The average Bonchev–Trinajstić information content (AvgIpc) is 2.99. The molecular formula is C22H27N3O. The van der Waals surface area contributed by atoms with Crippen LogP contribution in [0.15, 0.2) is 29.1 Å². The highest BCUT2D eigenvalue weighted by atomic mass is 16.1. The Kier molecular flexibility index (Phi) is 4.16. The molecule has 2 unspecified atom stereocenters. The van der Waals surface area contributed by atoms with Gasteiger partial charge in [0.25, 0.3) is 5.56 Å². The number of nitrogens with zero attached hydrogens (tertiary/aromatic N) is 3. The van der Waals surface area contributed by atoms with Crippen molar-refractivity contribution in [1.82, 2.24) is 9.47 Å². The summed E-state index contributed by atoms with van der Waals surface area (Å²) in [5, 5.41) is 10.7. The molecule has 1 aromatic heterocycles. The summed E-state index contributed by atoms with van der Waals surface area (Å²) in [4.78, 5) is 15.0. The molecule has 1 saturated heterocycles. The Labute approximate surface area is 155 Å². The van der Waals surface area contributed by atoms with E-state index in [1.165, 1.54) is 19.3 Å². The average molecular weight is 349 g/mol. The van der Waals surface area contributed by atoms with Crippen LogP contribution >= 0.6 is 0 Å². The van der Waals surface area contributed by atoms with Crippen molar-refractivity contribution in [2.24, 2.45) is 5.41 Å². The fourth-order valence-electron chi connectivity index (χ4n) is 5.05. The number of piperidine rings is 1. The van der Waals surface area contributed by atoms with Gasteiger partial charge in [-0.1, -0.05) is 33.3 Å². The third-order valence-electron chi connectivity index (χ3n) is 6.19. The van der Waals surface area contributed by atoms with Crippen LogP contribution in [-0.4, -0.2) is 28.6 Å². The van der Waals surface area contributed by atoms with Gasteiger partial charge in [0.2, 0.25) is 0 Å². The maximum Gasteiger partial charge on any atom is 0.251 e. The van der Waals surface area contributed by atoms with Crippen LogP contribution in [0, 0.1) is 16.7 Å². The molecule has 2 aromatic rings. The maximum atomic E-state index is 12.4. The van der Waals surface area contributed by atoms with E-state index in [4.69, 9.17) is 0 Å². The van der Waals surface area contributed by atoms with E-state index in [-0.39, 0.29) is 16.9 Å². The van der Waals surface area contributed by atoms with Crippen LogP contribution in [0.4, 0.5) is 0 Å². The molecule has 2 aliphatic rings. The molecule has 3 heterocycles. The monoisotopic (exact) mass is 349 g/mol. The number of rotatable bonds is 2. The Morgan fingerprint density at radius 3 is 2.69 bits per heavy atom. The number of nitriles is 1. The fraction of sp³-hybridized carbons (Fsp3) is 0.545. The molecule has 4 rings (SSSR count). The zero-order valence-corrected chi connectivity index (χ0v) is 16.0. The molecule has 0 aliphatic carbocycles. The van der Waals surface area contributed by atoms with E-state index in [0.29, 0.717) is 12.6 Å². The normalized spacial score (nSPS) is 23.3. The highest BCUT2D eigenvalue weighted by Gasteiger charge is 2.36. The molecule has 1 fully saturated rings. The highest BCUT2D eigenvalue weighted by Crippen LogP contribution is 2.38. The quantitative estimate of drug-likeness (QED) is 0.827. The third kappa shape index (κ3) is 2.75. The van der Waals surface area contributed by atoms with Crippen LogP contribution in [0.1, 0.15) is 57.1 Å². The predicted octanol–water partition coefficient (Wildman–Crippen LogP) is 3.87. The second-order valence-electron chi connectivity index (χ2n) is 8.93. The van der Waals surface area contributed by atoms with Crippen molar-refractivity contribution < 1.29 is 0 Å². The van der Waals surface area contributed by atoms with Gasteiger partial charge >= 0.3 is 0 Å². The third-order valence-corrected chi connectivity index (χ3v) is 6.19. The van der Waals surface area contributed by atoms with Gasteiger partial charge in [-0.3, -0.25) is 9.69 Å². The summed E-state index contributed by atoms with van der Waals surface area (Å²) in [6, 6.07) is 10.3. The van der Waals surface area contributed by atoms with Crippen molar-refractivity contribution in [1.29, 1.82) is 5.26 Å². The first-order valence-corrected chi connectivity index (χ1v) is 9.71. The van der Waals surface area contributed by atoms with E-state index in [0.717, 1.165) is 35.1 Å². The van der Waals surface area contributed by atoms with Gasteiger partial charge in [-0.15, -0.1) is 0 Å². The number of benzene rings is 1. The van der Waals surface area contributed by atoms with E-state index in [9.17, 15) is 10.1 Å². The number of hydrogen-bond donors (Lipinski definition) is 0. The van der Waals surface area contributed by atoms with Gasteiger partial charge in [-0.25, -0.2) is 0 Å². The Bertz CT molecular complexity index is 945. The lowest BCUT2D eigenvalue weighted by Gasteiger charge is -2.44. The van der Waals surface area contributed by atoms with E-state index in [2.05, 4.69) is 31.7 Å². The van der Waals surface area contributed by atoms with Crippen LogP contribution in [0.25, 0.3) is 10.9 Å². The summed E-state index contributed by atoms with van der Waals surface area (Å²) in [5.41, 5.74) is 3.07. The first-order chi connectivity index (χ1) is 12.4. The molecular weight excluding hydrogens is 322 g/mol. The number of aromatic nitrogens is 1. The molecule has 4 nitrogen and oxygen atoms in total. The molecule has 0 amide bonds. The maximum absolute atomic E-state index is 12.4. The molecule has 0 bridgehead atoms. The minimum absolute atomic E-state index is 0.0438. The zero-order valence-electron chi connectivity index (χ0n) is 16.0. The molecule has 26 heavy (non-hydrogen) atoms. The SMILES string of the molecule is CC(C)(C)C1CCCCN1CC1Cn2c(=O)ccc3ccc(C#N)c1c32. The lowest BCUT2D eigenvalue weighted by Crippen LogP contribution is -2.48. The molecule has 0 spiro atoms. The summed E-state index contributed by atoms with van der Waals surface area (Å²) < 4.78 is 1.88. The van der Waals surface area contributed by atoms with Gasteiger partial charge in [0.1, 0.15) is 0 Å². The van der Waals surface area contributed by atoms with Crippen molar-refractivity contribution in [3.8, 4) is 6.07 Å². The van der Waals surface area contributed by atoms with Crippen molar-refractivity contribution in [2.45, 2.75) is 58.5 Å². The minimum Gasteiger partial charge on any atom is -0.307 e. The van der Waals surface area contributed by atoms with Crippen molar-refractivity contribution >= 4 is 10.9 Å². The van der Waals surface area contributed by atoms with Gasteiger partial charge in [-0.05, 0) is 42.3 Å². The summed E-state index contributed by atoms with van der Waals surface area (Å²) >= 11 is 0. The Morgan fingerprint density at radius 1 is 1.19 bits per heavy atom. The van der Waals surface area contributed by atoms with Gasteiger partial charge < -0.3 is 4.57 Å². The van der Waals surface area contributed by atoms with Crippen LogP contribution in [0.2, 0.25) is 0 Å². The number of pyridine rings is 1. The van der Waals surface area contributed by atoms with Gasteiger partial charge in [0.15, 0.2) is 0 Å². The highest BCUT2D eigenvalue weighted by molar-refractivity contribution is 5.86. The summed E-state index contributed by atoms with van der Waals surface area (Å²) in [5.74, 6) is 0.214. The molecule has 4 heteroatoms. The smallest absolute Gasteiger partial charge is 0.251 e. The largest absolute Gasteiger partial charge is 0.307 e. The first-order valence-electron chi connectivity index (χ1n) is 9.71. The van der Waals surface area contributed by atoms with Crippen molar-refractivity contribution in [3.63, 3.8) is 0 Å². The predicted molar refractivity (Wildman–Crippen MR) is 104 cm³/mol. The van der Waals surface area contributed by atoms with Crippen LogP contribution < -0.4 is 5.56 Å². The topological polar surface area (TPSA) is 49.0 Å². The molecule has 0 N–H and O–H groups in total. The van der Waals surface area contributed by atoms with Crippen molar-refractivity contribution in [3.05, 3.63) is 45.7 Å². The van der Waals surface area contributed by atoms with Gasteiger partial charge in [0.05, 0.1) is 17.1 Å². The zero-order chi connectivity index (χ0) is 18.5. The van der Waals surface area contributed by atoms with Gasteiger partial charge in [0, 0.05) is 36.7 Å². The van der Waals surface area contributed by atoms with E-state index >= 15 is 0 Å². The lowest BCUT2D eigenvalue weighted by molar-refractivity contribution is 0.0577. The standard InChI is InChI=1S/C22H27N3O/c1-22(2,3)18-6-4-5-11-24(18)13-17-14-25-19(26)10-9-15-7-8-16(12-23)20(17)21(15)25/h7-10,17-18H,4-6,11,13-14H2,1-3H3. The number of likely N-dealkylation sites (tertiary alicyclic amines) is 1. The second-order valence-corrected chi connectivity index (χ2v) is 8.93. The fourth-order valence-corrected chi connectivity index (χ4v) is 5.05. The van der Waals surface area contributed by atoms with Crippen LogP contribution in [0.5, 0.6) is 0 Å². The molecule has 2 atom stereocenters. The van der Waals surface area contributed by atoms with Crippen LogP contribution in [-0.2, 0) is 6.54 Å². The van der Waals surface area contributed by atoms with Crippen LogP contribution in [0.3, 0.4) is 0 Å². The molecule has 0 saturated carbocycles. The summed E-state index contributed by atoms with van der Waals surface area (Å²) in [7, 11) is 0. The molecule has 2 aliphatic heterocycles. The van der Waals surface area contributed by atoms with E-state index < -0.39 is 0 Å². The Balaban J connectivity index is 1.75. The Morgan fingerprint density at radius 2 is 1.96 bits per heavy atom. The van der Waals surface area contributed by atoms with Gasteiger partial charge in [-0.2, -0.15) is 5.26 Å².